The lowest BCUT2D eigenvalue weighted by Gasteiger charge is -2.13. The van der Waals surface area contributed by atoms with E-state index in [9.17, 15) is 10.0 Å². The van der Waals surface area contributed by atoms with Gasteiger partial charge >= 0.3 is 7.12 Å². The van der Waals surface area contributed by atoms with Gasteiger partial charge in [0.1, 0.15) is 0 Å². The monoisotopic (exact) mass is 322 g/mol. The second-order valence-corrected chi connectivity index (χ2v) is 6.44. The van der Waals surface area contributed by atoms with Gasteiger partial charge in [-0.25, -0.2) is 0 Å². The normalized spacial score (nSPS) is 11.6. The minimum Gasteiger partial charge on any atom is -0.423 e. The van der Waals surface area contributed by atoms with Crippen LogP contribution in [-0.4, -0.2) is 17.2 Å². The molecule has 0 saturated heterocycles. The Bertz CT molecular complexity index is 1130. The van der Waals surface area contributed by atoms with Crippen LogP contribution in [0.5, 0.6) is 0 Å². The standard InChI is InChI=1S/C22H15BO2/c24-23(25)15-12-14-6-5-11-20-18-9-3-1-7-16(18)17-8-2-4-10-19(17)21(13-15)22(14)20/h1-13,24-25H. The molecule has 0 heterocycles. The molecule has 2 N–H and O–H groups in total. The van der Waals surface area contributed by atoms with Crippen LogP contribution >= 0.6 is 0 Å². The SMILES string of the molecule is OB(O)c1cc2c3c(cccc3c1)-c1ccccc1-c1ccccc1-2. The van der Waals surface area contributed by atoms with Gasteiger partial charge in [-0.1, -0.05) is 78.9 Å². The molecule has 4 aromatic rings. The molecule has 0 atom stereocenters. The number of rotatable bonds is 1. The van der Waals surface area contributed by atoms with Crippen LogP contribution in [0.25, 0.3) is 44.2 Å². The van der Waals surface area contributed by atoms with Crippen molar-refractivity contribution in [2.24, 2.45) is 0 Å². The quantitative estimate of drug-likeness (QED) is 0.461. The Balaban J connectivity index is 2.04. The van der Waals surface area contributed by atoms with Crippen LogP contribution in [-0.2, 0) is 0 Å². The summed E-state index contributed by atoms with van der Waals surface area (Å²) in [4.78, 5) is 0. The Morgan fingerprint density at radius 1 is 0.520 bits per heavy atom. The molecule has 4 aromatic carbocycles. The minimum absolute atomic E-state index is 0.514. The minimum atomic E-state index is -1.48. The highest BCUT2D eigenvalue weighted by Crippen LogP contribution is 2.46. The van der Waals surface area contributed by atoms with E-state index < -0.39 is 7.12 Å². The number of benzene rings is 4. The molecule has 1 aliphatic rings. The van der Waals surface area contributed by atoms with E-state index in [-0.39, 0.29) is 0 Å². The largest absolute Gasteiger partial charge is 0.488 e. The van der Waals surface area contributed by atoms with Gasteiger partial charge in [-0.3, -0.25) is 0 Å². The van der Waals surface area contributed by atoms with Gasteiger partial charge in [-0.2, -0.15) is 0 Å². The summed E-state index contributed by atoms with van der Waals surface area (Å²) in [7, 11) is -1.48. The summed E-state index contributed by atoms with van der Waals surface area (Å²) in [5, 5.41) is 21.7. The van der Waals surface area contributed by atoms with Crippen molar-refractivity contribution >= 4 is 23.4 Å². The van der Waals surface area contributed by atoms with Crippen molar-refractivity contribution in [3.05, 3.63) is 78.9 Å². The van der Waals surface area contributed by atoms with Crippen molar-refractivity contribution in [2.75, 3.05) is 0 Å². The Kier molecular flexibility index (Phi) is 3.08. The average molecular weight is 322 g/mol. The lowest BCUT2D eigenvalue weighted by molar-refractivity contribution is 0.426. The molecular weight excluding hydrogens is 307 g/mol. The highest BCUT2D eigenvalue weighted by Gasteiger charge is 2.23. The fraction of sp³-hybridized carbons (Fsp3) is 0. The van der Waals surface area contributed by atoms with E-state index in [1.807, 2.05) is 36.4 Å². The predicted molar refractivity (Wildman–Crippen MR) is 104 cm³/mol. The van der Waals surface area contributed by atoms with E-state index in [2.05, 4.69) is 42.5 Å². The van der Waals surface area contributed by atoms with E-state index in [1.165, 1.54) is 22.3 Å². The summed E-state index contributed by atoms with van der Waals surface area (Å²) in [5.74, 6) is 0. The zero-order chi connectivity index (χ0) is 17.0. The van der Waals surface area contributed by atoms with Gasteiger partial charge in [0.15, 0.2) is 0 Å². The first-order valence-electron chi connectivity index (χ1n) is 8.36. The fourth-order valence-electron chi connectivity index (χ4n) is 3.94. The van der Waals surface area contributed by atoms with Crippen LogP contribution in [0.2, 0.25) is 0 Å². The first kappa shape index (κ1) is 14.5. The van der Waals surface area contributed by atoms with Crippen molar-refractivity contribution in [1.82, 2.24) is 0 Å². The van der Waals surface area contributed by atoms with Crippen LogP contribution in [0.15, 0.2) is 78.9 Å². The average Bonchev–Trinajstić information content (AvgIpc) is 2.77. The van der Waals surface area contributed by atoms with E-state index in [4.69, 9.17) is 0 Å². The zero-order valence-corrected chi connectivity index (χ0v) is 13.5. The molecule has 3 heteroatoms. The van der Waals surface area contributed by atoms with Crippen molar-refractivity contribution in [1.29, 1.82) is 0 Å². The van der Waals surface area contributed by atoms with Gasteiger partial charge in [-0.15, -0.1) is 0 Å². The molecular formula is C22H15BO2. The highest BCUT2D eigenvalue weighted by molar-refractivity contribution is 6.59. The molecule has 0 aromatic heterocycles. The van der Waals surface area contributed by atoms with E-state index in [0.29, 0.717) is 5.46 Å². The molecule has 0 unspecified atom stereocenters. The van der Waals surface area contributed by atoms with Gasteiger partial charge in [-0.05, 0) is 49.6 Å². The first-order valence-corrected chi connectivity index (χ1v) is 8.36. The molecule has 0 bridgehead atoms. The molecule has 1 aliphatic carbocycles. The lowest BCUT2D eigenvalue weighted by Crippen LogP contribution is -2.29. The molecule has 25 heavy (non-hydrogen) atoms. The summed E-state index contributed by atoms with van der Waals surface area (Å²) in [6, 6.07) is 26.7. The third kappa shape index (κ3) is 2.07. The maximum absolute atomic E-state index is 9.74. The zero-order valence-electron chi connectivity index (χ0n) is 13.5. The van der Waals surface area contributed by atoms with Crippen LogP contribution in [0.4, 0.5) is 0 Å². The van der Waals surface area contributed by atoms with E-state index >= 15 is 0 Å². The third-order valence-corrected chi connectivity index (χ3v) is 5.02. The van der Waals surface area contributed by atoms with Crippen molar-refractivity contribution < 1.29 is 10.0 Å². The van der Waals surface area contributed by atoms with Crippen LogP contribution in [0.3, 0.4) is 0 Å². The summed E-state index contributed by atoms with van der Waals surface area (Å²) in [6.45, 7) is 0. The van der Waals surface area contributed by atoms with Crippen LogP contribution in [0.1, 0.15) is 0 Å². The van der Waals surface area contributed by atoms with E-state index in [1.54, 1.807) is 0 Å². The van der Waals surface area contributed by atoms with E-state index in [0.717, 1.165) is 21.9 Å². The summed E-state index contributed by atoms with van der Waals surface area (Å²) < 4.78 is 0. The van der Waals surface area contributed by atoms with Gasteiger partial charge in [0, 0.05) is 0 Å². The number of hydrogen-bond donors (Lipinski definition) is 2. The van der Waals surface area contributed by atoms with Crippen molar-refractivity contribution in [3.8, 4) is 33.4 Å². The molecule has 0 radical (unpaired) electrons. The summed E-state index contributed by atoms with van der Waals surface area (Å²) in [6.07, 6.45) is 0. The van der Waals surface area contributed by atoms with Crippen LogP contribution in [0, 0.1) is 0 Å². The molecule has 5 rings (SSSR count). The maximum atomic E-state index is 9.74. The Hall–Kier alpha value is -2.88. The lowest BCUT2D eigenvalue weighted by atomic mass is 9.77. The van der Waals surface area contributed by atoms with Gasteiger partial charge in [0.25, 0.3) is 0 Å². The van der Waals surface area contributed by atoms with Gasteiger partial charge in [0.05, 0.1) is 0 Å². The Labute approximate surface area is 146 Å². The molecule has 0 aliphatic heterocycles. The van der Waals surface area contributed by atoms with Crippen molar-refractivity contribution in [3.63, 3.8) is 0 Å². The molecule has 0 fully saturated rings. The molecule has 2 nitrogen and oxygen atoms in total. The molecule has 118 valence electrons. The highest BCUT2D eigenvalue weighted by atomic mass is 16.4. The topological polar surface area (TPSA) is 40.5 Å². The third-order valence-electron chi connectivity index (χ3n) is 5.02. The Morgan fingerprint density at radius 3 is 1.64 bits per heavy atom. The summed E-state index contributed by atoms with van der Waals surface area (Å²) >= 11 is 0. The smallest absolute Gasteiger partial charge is 0.423 e. The molecule has 0 saturated carbocycles. The number of fused-ring (bicyclic) bond motifs is 5. The van der Waals surface area contributed by atoms with Crippen molar-refractivity contribution in [2.45, 2.75) is 0 Å². The predicted octanol–water partition coefficient (Wildman–Crippen LogP) is 3.83. The fourth-order valence-corrected chi connectivity index (χ4v) is 3.94. The second kappa shape index (κ2) is 5.31. The Morgan fingerprint density at radius 2 is 1.04 bits per heavy atom. The first-order chi connectivity index (χ1) is 12.2. The maximum Gasteiger partial charge on any atom is 0.488 e. The molecule has 0 amide bonds. The second-order valence-electron chi connectivity index (χ2n) is 6.44. The molecule has 0 spiro atoms. The number of hydrogen-bond acceptors (Lipinski definition) is 2. The van der Waals surface area contributed by atoms with Crippen LogP contribution < -0.4 is 5.46 Å². The summed E-state index contributed by atoms with van der Waals surface area (Å²) in [5.41, 5.74) is 7.43. The van der Waals surface area contributed by atoms with Gasteiger partial charge in [0.2, 0.25) is 0 Å². The van der Waals surface area contributed by atoms with Gasteiger partial charge < -0.3 is 10.0 Å².